The maximum Gasteiger partial charge on any atom is 0.230 e. The van der Waals surface area contributed by atoms with Gasteiger partial charge >= 0.3 is 0 Å². The van der Waals surface area contributed by atoms with E-state index in [0.717, 1.165) is 6.54 Å². The van der Waals surface area contributed by atoms with Crippen LogP contribution in [-0.2, 0) is 4.79 Å². The zero-order chi connectivity index (χ0) is 11.1. The zero-order valence-corrected chi connectivity index (χ0v) is 11.1. The quantitative estimate of drug-likeness (QED) is 0.738. The smallest absolute Gasteiger partial charge is 0.230 e. The second-order valence-corrected chi connectivity index (χ2v) is 4.68. The summed E-state index contributed by atoms with van der Waals surface area (Å²) in [6.07, 6.45) is 0. The highest BCUT2D eigenvalue weighted by atomic mass is 79.9. The molecule has 0 saturated heterocycles. The molecule has 1 amide bonds. The number of alkyl halides is 1. The minimum absolute atomic E-state index is 0.0507. The van der Waals surface area contributed by atoms with Crippen LogP contribution in [0.25, 0.3) is 0 Å². The summed E-state index contributed by atoms with van der Waals surface area (Å²) < 4.78 is 0. The van der Waals surface area contributed by atoms with E-state index in [1.165, 1.54) is 0 Å². The summed E-state index contributed by atoms with van der Waals surface area (Å²) in [5, 5.41) is 3.24. The number of carbonyl (C=O) groups is 1. The minimum Gasteiger partial charge on any atom is -0.354 e. The average molecular weight is 265 g/mol. The van der Waals surface area contributed by atoms with Gasteiger partial charge in [0.1, 0.15) is 0 Å². The predicted molar refractivity (Wildman–Crippen MR) is 63.7 cm³/mol. The van der Waals surface area contributed by atoms with Gasteiger partial charge in [0.25, 0.3) is 0 Å². The number of rotatable bonds is 6. The third-order valence-corrected chi connectivity index (χ3v) is 2.63. The Kier molecular flexibility index (Phi) is 7.19. The van der Waals surface area contributed by atoms with Crippen LogP contribution in [0.15, 0.2) is 0 Å². The van der Waals surface area contributed by atoms with Crippen molar-refractivity contribution in [3.63, 3.8) is 0 Å². The molecule has 14 heavy (non-hydrogen) atoms. The van der Waals surface area contributed by atoms with Gasteiger partial charge in [-0.15, -0.1) is 0 Å². The Labute approximate surface area is 95.4 Å². The summed E-state index contributed by atoms with van der Waals surface area (Å²) >= 11 is 3.12. The third kappa shape index (κ3) is 6.38. The maximum absolute atomic E-state index is 11.0. The summed E-state index contributed by atoms with van der Waals surface area (Å²) in [6.45, 7) is 8.29. The van der Waals surface area contributed by atoms with E-state index in [-0.39, 0.29) is 5.91 Å². The molecule has 0 rings (SSSR count). The number of halogens is 1. The van der Waals surface area contributed by atoms with Crippen molar-refractivity contribution in [2.45, 2.75) is 26.8 Å². The van der Waals surface area contributed by atoms with Crippen molar-refractivity contribution >= 4 is 21.8 Å². The molecule has 1 atom stereocenters. The average Bonchev–Trinajstić information content (AvgIpc) is 2.12. The molecular weight excluding hydrogens is 244 g/mol. The molecule has 0 aromatic rings. The van der Waals surface area contributed by atoms with Gasteiger partial charge in [-0.2, -0.15) is 0 Å². The zero-order valence-electron chi connectivity index (χ0n) is 9.51. The first-order valence-electron chi connectivity index (χ1n) is 5.00. The van der Waals surface area contributed by atoms with Gasteiger partial charge in [-0.25, -0.2) is 0 Å². The molecule has 0 aliphatic carbocycles. The Morgan fingerprint density at radius 2 is 2.00 bits per heavy atom. The highest BCUT2D eigenvalue weighted by Crippen LogP contribution is 2.00. The second kappa shape index (κ2) is 7.23. The molecule has 0 aliphatic heterocycles. The maximum atomic E-state index is 11.0. The van der Waals surface area contributed by atoms with Crippen LogP contribution in [0.3, 0.4) is 0 Å². The van der Waals surface area contributed by atoms with Crippen LogP contribution in [0.1, 0.15) is 20.8 Å². The Morgan fingerprint density at radius 3 is 2.43 bits per heavy atom. The fourth-order valence-electron chi connectivity index (χ4n) is 1.22. The molecule has 0 saturated carbocycles. The lowest BCUT2D eigenvalue weighted by atomic mass is 10.2. The summed E-state index contributed by atoms with van der Waals surface area (Å²) in [5.41, 5.74) is 0. The topological polar surface area (TPSA) is 32.3 Å². The van der Waals surface area contributed by atoms with Crippen LogP contribution >= 0.6 is 15.9 Å². The first-order valence-corrected chi connectivity index (χ1v) is 6.12. The fraction of sp³-hybridized carbons (Fsp3) is 0.900. The molecule has 0 aliphatic rings. The Balaban J connectivity index is 3.72. The highest BCUT2D eigenvalue weighted by molar-refractivity contribution is 9.09. The molecule has 0 bridgehead atoms. The molecule has 1 unspecified atom stereocenters. The van der Waals surface area contributed by atoms with Gasteiger partial charge in [0.15, 0.2) is 0 Å². The SMILES string of the molecule is CC(C)CN(C)C(C)CNC(=O)CBr. The van der Waals surface area contributed by atoms with Gasteiger partial charge in [0.05, 0.1) is 5.33 Å². The van der Waals surface area contributed by atoms with E-state index in [4.69, 9.17) is 0 Å². The lowest BCUT2D eigenvalue weighted by Gasteiger charge is -2.26. The lowest BCUT2D eigenvalue weighted by Crippen LogP contribution is -2.41. The van der Waals surface area contributed by atoms with E-state index in [1.807, 2.05) is 0 Å². The van der Waals surface area contributed by atoms with Crippen molar-refractivity contribution in [3.05, 3.63) is 0 Å². The van der Waals surface area contributed by atoms with Crippen molar-refractivity contribution in [3.8, 4) is 0 Å². The number of hydrogen-bond acceptors (Lipinski definition) is 2. The van der Waals surface area contributed by atoms with Crippen LogP contribution in [-0.4, -0.2) is 42.3 Å². The second-order valence-electron chi connectivity index (χ2n) is 4.12. The highest BCUT2D eigenvalue weighted by Gasteiger charge is 2.10. The predicted octanol–water partition coefficient (Wildman–Crippen LogP) is 1.47. The Hall–Kier alpha value is -0.0900. The molecule has 84 valence electrons. The van der Waals surface area contributed by atoms with Crippen molar-refractivity contribution in [1.29, 1.82) is 0 Å². The van der Waals surface area contributed by atoms with Gasteiger partial charge in [-0.05, 0) is 19.9 Å². The largest absolute Gasteiger partial charge is 0.354 e. The molecule has 0 heterocycles. The summed E-state index contributed by atoms with van der Waals surface area (Å²) in [4.78, 5) is 13.2. The van der Waals surface area contributed by atoms with Crippen molar-refractivity contribution in [1.82, 2.24) is 10.2 Å². The van der Waals surface area contributed by atoms with Crippen LogP contribution < -0.4 is 5.32 Å². The molecular formula is C10H21BrN2O. The first kappa shape index (κ1) is 13.9. The van der Waals surface area contributed by atoms with Crippen LogP contribution in [0.5, 0.6) is 0 Å². The normalized spacial score (nSPS) is 13.4. The Morgan fingerprint density at radius 1 is 1.43 bits per heavy atom. The molecule has 0 radical (unpaired) electrons. The number of hydrogen-bond donors (Lipinski definition) is 1. The number of carbonyl (C=O) groups excluding carboxylic acids is 1. The van der Waals surface area contributed by atoms with Crippen LogP contribution in [0.4, 0.5) is 0 Å². The van der Waals surface area contributed by atoms with Crippen LogP contribution in [0, 0.1) is 5.92 Å². The standard InChI is InChI=1S/C10H21BrN2O/c1-8(2)7-13(4)9(3)6-12-10(14)5-11/h8-9H,5-7H2,1-4H3,(H,12,14). The van der Waals surface area contributed by atoms with E-state index >= 15 is 0 Å². The Bertz CT molecular complexity index is 174. The number of nitrogens with zero attached hydrogens (tertiary/aromatic N) is 1. The number of amides is 1. The monoisotopic (exact) mass is 264 g/mol. The molecule has 0 fully saturated rings. The van der Waals surface area contributed by atoms with Gasteiger partial charge in [-0.3, -0.25) is 4.79 Å². The van der Waals surface area contributed by atoms with Crippen molar-refractivity contribution in [2.24, 2.45) is 5.92 Å². The van der Waals surface area contributed by atoms with Gasteiger partial charge in [-0.1, -0.05) is 29.8 Å². The van der Waals surface area contributed by atoms with Crippen molar-refractivity contribution in [2.75, 3.05) is 25.5 Å². The third-order valence-electron chi connectivity index (χ3n) is 2.12. The lowest BCUT2D eigenvalue weighted by molar-refractivity contribution is -0.118. The van der Waals surface area contributed by atoms with Gasteiger partial charge in [0.2, 0.25) is 5.91 Å². The van der Waals surface area contributed by atoms with E-state index < -0.39 is 0 Å². The minimum atomic E-state index is 0.0507. The molecule has 3 nitrogen and oxygen atoms in total. The van der Waals surface area contributed by atoms with E-state index in [1.54, 1.807) is 0 Å². The van der Waals surface area contributed by atoms with Crippen LogP contribution in [0.2, 0.25) is 0 Å². The first-order chi connectivity index (χ1) is 6.47. The molecule has 0 spiro atoms. The summed E-state index contributed by atoms with van der Waals surface area (Å²) in [6, 6.07) is 0.389. The van der Waals surface area contributed by atoms with Gasteiger partial charge in [0, 0.05) is 19.1 Å². The fourth-order valence-corrected chi connectivity index (χ4v) is 1.42. The summed E-state index contributed by atoms with van der Waals surface area (Å²) in [7, 11) is 2.09. The molecule has 4 heteroatoms. The molecule has 0 aromatic carbocycles. The number of likely N-dealkylation sites (N-methyl/N-ethyl adjacent to an activating group) is 1. The van der Waals surface area contributed by atoms with Crippen molar-refractivity contribution < 1.29 is 4.79 Å². The molecule has 1 N–H and O–H groups in total. The van der Waals surface area contributed by atoms with E-state index in [2.05, 4.69) is 54.0 Å². The molecule has 0 aromatic heterocycles. The van der Waals surface area contributed by atoms with Gasteiger partial charge < -0.3 is 10.2 Å². The number of nitrogens with one attached hydrogen (secondary N) is 1. The van der Waals surface area contributed by atoms with E-state index in [0.29, 0.717) is 23.8 Å². The summed E-state index contributed by atoms with van der Waals surface area (Å²) in [5.74, 6) is 0.712. The van der Waals surface area contributed by atoms with E-state index in [9.17, 15) is 4.79 Å².